The molecule has 0 unspecified atom stereocenters. The van der Waals surface area contributed by atoms with E-state index in [0.717, 1.165) is 6.54 Å². The van der Waals surface area contributed by atoms with Crippen molar-refractivity contribution in [2.24, 2.45) is 5.92 Å². The summed E-state index contributed by atoms with van der Waals surface area (Å²) in [6, 6.07) is -0.110. The van der Waals surface area contributed by atoms with E-state index in [2.05, 4.69) is 17.1 Å². The molecule has 1 N–H and O–H groups in total. The van der Waals surface area contributed by atoms with Gasteiger partial charge in [-0.05, 0) is 20.0 Å². The summed E-state index contributed by atoms with van der Waals surface area (Å²) in [4.78, 5) is 40.3. The lowest BCUT2D eigenvalue weighted by Gasteiger charge is -2.28. The maximum absolute atomic E-state index is 12.3. The first-order chi connectivity index (χ1) is 9.38. The lowest BCUT2D eigenvalue weighted by atomic mass is 10.1. The SMILES string of the molecule is C[C@@H]1CN(C(=O)CN2CCC(=O)NC2=O)C[C@H]1N(C)C. The van der Waals surface area contributed by atoms with Gasteiger partial charge in [0, 0.05) is 32.1 Å². The number of likely N-dealkylation sites (tertiary alicyclic amines) is 1. The van der Waals surface area contributed by atoms with Gasteiger partial charge >= 0.3 is 6.03 Å². The number of likely N-dealkylation sites (N-methyl/N-ethyl adjacent to an activating group) is 1. The van der Waals surface area contributed by atoms with Crippen LogP contribution in [-0.2, 0) is 9.59 Å². The molecule has 0 aromatic rings. The zero-order chi connectivity index (χ0) is 14.9. The van der Waals surface area contributed by atoms with E-state index in [4.69, 9.17) is 0 Å². The van der Waals surface area contributed by atoms with Crippen LogP contribution in [0.1, 0.15) is 13.3 Å². The number of nitrogens with one attached hydrogen (secondary N) is 1. The Morgan fingerprint density at radius 2 is 2.05 bits per heavy atom. The normalized spacial score (nSPS) is 27.2. The summed E-state index contributed by atoms with van der Waals surface area (Å²) in [5, 5.41) is 2.23. The monoisotopic (exact) mass is 282 g/mol. The molecular formula is C13H22N4O3. The van der Waals surface area contributed by atoms with Gasteiger partial charge in [-0.3, -0.25) is 14.9 Å². The first-order valence-corrected chi connectivity index (χ1v) is 6.91. The smallest absolute Gasteiger partial charge is 0.324 e. The lowest BCUT2D eigenvalue weighted by Crippen LogP contribution is -2.52. The van der Waals surface area contributed by atoms with Crippen LogP contribution in [0.5, 0.6) is 0 Å². The van der Waals surface area contributed by atoms with Crippen LogP contribution in [0, 0.1) is 5.92 Å². The third-order valence-corrected chi connectivity index (χ3v) is 4.06. The predicted molar refractivity (Wildman–Crippen MR) is 72.9 cm³/mol. The van der Waals surface area contributed by atoms with Crippen molar-refractivity contribution >= 4 is 17.8 Å². The van der Waals surface area contributed by atoms with Crippen LogP contribution in [0.4, 0.5) is 4.79 Å². The quantitative estimate of drug-likeness (QED) is 0.745. The molecule has 2 heterocycles. The molecule has 7 nitrogen and oxygen atoms in total. The number of carbonyl (C=O) groups is 3. The number of hydrogen-bond acceptors (Lipinski definition) is 4. The van der Waals surface area contributed by atoms with E-state index in [1.165, 1.54) is 4.90 Å². The molecule has 0 spiro atoms. The molecule has 2 rings (SSSR count). The Morgan fingerprint density at radius 3 is 2.60 bits per heavy atom. The molecule has 0 bridgehead atoms. The first-order valence-electron chi connectivity index (χ1n) is 6.91. The van der Waals surface area contributed by atoms with Gasteiger partial charge in [-0.15, -0.1) is 0 Å². The van der Waals surface area contributed by atoms with E-state index in [1.54, 1.807) is 4.90 Å². The number of urea groups is 1. The van der Waals surface area contributed by atoms with Crippen LogP contribution in [0.3, 0.4) is 0 Å². The second kappa shape index (κ2) is 5.78. The van der Waals surface area contributed by atoms with Gasteiger partial charge in [0.05, 0.1) is 0 Å². The van der Waals surface area contributed by atoms with Crippen molar-refractivity contribution in [2.75, 3.05) is 40.3 Å². The zero-order valence-electron chi connectivity index (χ0n) is 12.3. The average Bonchev–Trinajstić information content (AvgIpc) is 2.75. The Labute approximate surface area is 118 Å². The average molecular weight is 282 g/mol. The Morgan fingerprint density at radius 1 is 1.35 bits per heavy atom. The minimum Gasteiger partial charge on any atom is -0.339 e. The summed E-state index contributed by atoms with van der Waals surface area (Å²) in [7, 11) is 4.03. The molecule has 0 aromatic heterocycles. The van der Waals surface area contributed by atoms with Crippen molar-refractivity contribution in [1.29, 1.82) is 0 Å². The van der Waals surface area contributed by atoms with Gasteiger partial charge in [-0.2, -0.15) is 0 Å². The van der Waals surface area contributed by atoms with Gasteiger partial charge in [0.1, 0.15) is 6.54 Å². The Balaban J connectivity index is 1.90. The van der Waals surface area contributed by atoms with Crippen molar-refractivity contribution in [1.82, 2.24) is 20.0 Å². The fraction of sp³-hybridized carbons (Fsp3) is 0.769. The predicted octanol–water partition coefficient (Wildman–Crippen LogP) is -0.663. The lowest BCUT2D eigenvalue weighted by molar-refractivity contribution is -0.132. The molecule has 20 heavy (non-hydrogen) atoms. The third-order valence-electron chi connectivity index (χ3n) is 4.06. The highest BCUT2D eigenvalue weighted by Gasteiger charge is 2.35. The molecule has 2 aliphatic rings. The van der Waals surface area contributed by atoms with Gasteiger partial charge in [0.25, 0.3) is 0 Å². The fourth-order valence-corrected chi connectivity index (χ4v) is 2.84. The van der Waals surface area contributed by atoms with Gasteiger partial charge in [0.15, 0.2) is 0 Å². The molecule has 0 radical (unpaired) electrons. The van der Waals surface area contributed by atoms with Gasteiger partial charge < -0.3 is 14.7 Å². The van der Waals surface area contributed by atoms with Crippen molar-refractivity contribution in [2.45, 2.75) is 19.4 Å². The summed E-state index contributed by atoms with van der Waals surface area (Å²) in [5.41, 5.74) is 0. The maximum atomic E-state index is 12.3. The minimum absolute atomic E-state index is 0.0476. The van der Waals surface area contributed by atoms with Crippen molar-refractivity contribution in [3.05, 3.63) is 0 Å². The summed E-state index contributed by atoms with van der Waals surface area (Å²) in [6.07, 6.45) is 0.260. The minimum atomic E-state index is -0.467. The molecule has 0 aromatic carbocycles. The van der Waals surface area contributed by atoms with E-state index in [9.17, 15) is 14.4 Å². The van der Waals surface area contributed by atoms with Crippen molar-refractivity contribution in [3.63, 3.8) is 0 Å². The van der Waals surface area contributed by atoms with E-state index in [-0.39, 0.29) is 24.8 Å². The second-order valence-corrected chi connectivity index (χ2v) is 5.83. The van der Waals surface area contributed by atoms with E-state index >= 15 is 0 Å². The van der Waals surface area contributed by atoms with Crippen LogP contribution >= 0.6 is 0 Å². The Kier molecular flexibility index (Phi) is 4.27. The van der Waals surface area contributed by atoms with Crippen LogP contribution in [0.15, 0.2) is 0 Å². The van der Waals surface area contributed by atoms with E-state index < -0.39 is 6.03 Å². The first kappa shape index (κ1) is 14.8. The fourth-order valence-electron chi connectivity index (χ4n) is 2.84. The number of carbonyl (C=O) groups excluding carboxylic acids is 3. The third kappa shape index (κ3) is 3.09. The largest absolute Gasteiger partial charge is 0.339 e. The zero-order valence-corrected chi connectivity index (χ0v) is 12.3. The van der Waals surface area contributed by atoms with Gasteiger partial charge in [0.2, 0.25) is 11.8 Å². The van der Waals surface area contributed by atoms with Crippen LogP contribution in [0.2, 0.25) is 0 Å². The molecule has 2 aliphatic heterocycles. The molecule has 4 amide bonds. The highest BCUT2D eigenvalue weighted by Crippen LogP contribution is 2.20. The number of amides is 4. The van der Waals surface area contributed by atoms with E-state index in [0.29, 0.717) is 25.0 Å². The van der Waals surface area contributed by atoms with E-state index in [1.807, 2.05) is 14.1 Å². The standard InChI is InChI=1S/C13H22N4O3/c1-9-6-17(7-10(9)15(2)3)12(19)8-16-5-4-11(18)14-13(16)20/h9-10H,4-8H2,1-3H3,(H,14,18,20)/t9-,10-/m1/s1. The summed E-state index contributed by atoms with van der Waals surface area (Å²) in [6.45, 7) is 3.91. The molecule has 0 saturated carbocycles. The number of hydrogen-bond donors (Lipinski definition) is 1. The molecule has 2 fully saturated rings. The van der Waals surface area contributed by atoms with Crippen LogP contribution in [-0.4, -0.2) is 78.9 Å². The topological polar surface area (TPSA) is 73.0 Å². The van der Waals surface area contributed by atoms with Crippen LogP contribution in [0.25, 0.3) is 0 Å². The summed E-state index contributed by atoms with van der Waals surface area (Å²) < 4.78 is 0. The molecule has 0 aliphatic carbocycles. The number of rotatable bonds is 3. The highest BCUT2D eigenvalue weighted by atomic mass is 16.2. The second-order valence-electron chi connectivity index (χ2n) is 5.83. The molecular weight excluding hydrogens is 260 g/mol. The van der Waals surface area contributed by atoms with Gasteiger partial charge in [-0.25, -0.2) is 4.79 Å². The molecule has 2 saturated heterocycles. The summed E-state index contributed by atoms with van der Waals surface area (Å²) >= 11 is 0. The van der Waals surface area contributed by atoms with Crippen LogP contribution < -0.4 is 5.32 Å². The number of imide groups is 1. The highest BCUT2D eigenvalue weighted by molar-refractivity contribution is 5.98. The van der Waals surface area contributed by atoms with Crippen molar-refractivity contribution in [3.8, 4) is 0 Å². The molecule has 2 atom stereocenters. The Hall–Kier alpha value is -1.63. The molecule has 7 heteroatoms. The molecule has 112 valence electrons. The maximum Gasteiger partial charge on any atom is 0.324 e. The van der Waals surface area contributed by atoms with Crippen molar-refractivity contribution < 1.29 is 14.4 Å². The van der Waals surface area contributed by atoms with Gasteiger partial charge in [-0.1, -0.05) is 6.92 Å². The number of nitrogens with zero attached hydrogens (tertiary/aromatic N) is 3. The Bertz CT molecular complexity index is 424. The summed E-state index contributed by atoms with van der Waals surface area (Å²) in [5.74, 6) is 0.0950.